The molecule has 0 aliphatic rings. The molecule has 0 unspecified atom stereocenters. The summed E-state index contributed by atoms with van der Waals surface area (Å²) in [6.07, 6.45) is 1.10. The minimum absolute atomic E-state index is 0.0125. The van der Waals surface area contributed by atoms with Gasteiger partial charge < -0.3 is 16.2 Å². The summed E-state index contributed by atoms with van der Waals surface area (Å²) in [5.74, 6) is -1.02. The summed E-state index contributed by atoms with van der Waals surface area (Å²) in [7, 11) is 0. The highest BCUT2D eigenvalue weighted by atomic mass is 79.9. The van der Waals surface area contributed by atoms with E-state index >= 15 is 0 Å². The number of hydrogen-bond acceptors (Lipinski definition) is 7. The summed E-state index contributed by atoms with van der Waals surface area (Å²) in [4.78, 5) is 19.4. The lowest BCUT2D eigenvalue weighted by molar-refractivity contribution is 0.0698. The SMILES string of the molecule is N#Cc1cc(Nc2cccc(Br)c2)nc(-n2ncc(C(=O)O)c2N)n1. The Kier molecular flexibility index (Phi) is 4.32. The van der Waals surface area contributed by atoms with Gasteiger partial charge in [0.15, 0.2) is 0 Å². The molecule has 10 heteroatoms. The third-order valence-electron chi connectivity index (χ3n) is 3.15. The molecule has 3 rings (SSSR count). The van der Waals surface area contributed by atoms with Crippen molar-refractivity contribution in [2.45, 2.75) is 0 Å². The van der Waals surface area contributed by atoms with Gasteiger partial charge in [0.05, 0.1) is 6.20 Å². The van der Waals surface area contributed by atoms with Crippen molar-refractivity contribution in [2.75, 3.05) is 11.1 Å². The van der Waals surface area contributed by atoms with Gasteiger partial charge in [-0.05, 0) is 18.2 Å². The van der Waals surface area contributed by atoms with Crippen molar-refractivity contribution in [2.24, 2.45) is 0 Å². The van der Waals surface area contributed by atoms with Gasteiger partial charge in [-0.2, -0.15) is 25.0 Å². The Balaban J connectivity index is 2.04. The molecule has 4 N–H and O–H groups in total. The van der Waals surface area contributed by atoms with Crippen LogP contribution in [-0.4, -0.2) is 30.8 Å². The zero-order valence-corrected chi connectivity index (χ0v) is 14.1. The van der Waals surface area contributed by atoms with Crippen LogP contribution in [0.2, 0.25) is 0 Å². The standard InChI is InChI=1S/C15H10BrN7O2/c16-8-2-1-3-9(4-8)20-12-5-10(6-17)21-15(22-12)23-13(18)11(7-19-23)14(24)25/h1-5,7H,18H2,(H,24,25)(H,20,21,22). The van der Waals surface area contributed by atoms with Crippen LogP contribution in [0.1, 0.15) is 16.1 Å². The van der Waals surface area contributed by atoms with E-state index < -0.39 is 5.97 Å². The summed E-state index contributed by atoms with van der Waals surface area (Å²) in [5, 5.41) is 25.2. The molecule has 2 heterocycles. The summed E-state index contributed by atoms with van der Waals surface area (Å²) in [6.45, 7) is 0. The maximum absolute atomic E-state index is 11.1. The lowest BCUT2D eigenvalue weighted by Crippen LogP contribution is -2.10. The molecule has 0 atom stereocenters. The minimum atomic E-state index is -1.22. The number of nitrogens with one attached hydrogen (secondary N) is 1. The first-order valence-electron chi connectivity index (χ1n) is 6.87. The van der Waals surface area contributed by atoms with Gasteiger partial charge in [-0.15, -0.1) is 0 Å². The van der Waals surface area contributed by atoms with Crippen LogP contribution < -0.4 is 11.1 Å². The van der Waals surface area contributed by atoms with Crippen molar-refractivity contribution in [3.05, 3.63) is 52.3 Å². The maximum atomic E-state index is 11.1. The van der Waals surface area contributed by atoms with E-state index in [1.165, 1.54) is 6.07 Å². The average molecular weight is 400 g/mol. The second kappa shape index (κ2) is 6.58. The number of aromatic nitrogens is 4. The van der Waals surface area contributed by atoms with Crippen LogP contribution in [0.5, 0.6) is 0 Å². The number of rotatable bonds is 4. The van der Waals surface area contributed by atoms with Crippen LogP contribution in [-0.2, 0) is 0 Å². The molecule has 0 saturated carbocycles. The number of aromatic carboxylic acids is 1. The summed E-state index contributed by atoms with van der Waals surface area (Å²) < 4.78 is 1.94. The lowest BCUT2D eigenvalue weighted by Gasteiger charge is -2.09. The lowest BCUT2D eigenvalue weighted by atomic mass is 10.3. The normalized spacial score (nSPS) is 10.2. The van der Waals surface area contributed by atoms with E-state index in [4.69, 9.17) is 10.8 Å². The predicted octanol–water partition coefficient (Wildman–Crippen LogP) is 2.32. The number of nitriles is 1. The maximum Gasteiger partial charge on any atom is 0.341 e. The van der Waals surface area contributed by atoms with E-state index in [-0.39, 0.29) is 23.0 Å². The average Bonchev–Trinajstić information content (AvgIpc) is 2.96. The fourth-order valence-electron chi connectivity index (χ4n) is 2.05. The highest BCUT2D eigenvalue weighted by molar-refractivity contribution is 9.10. The van der Waals surface area contributed by atoms with E-state index in [1.807, 2.05) is 30.3 Å². The molecule has 124 valence electrons. The van der Waals surface area contributed by atoms with Crippen LogP contribution in [0.4, 0.5) is 17.3 Å². The molecule has 0 bridgehead atoms. The van der Waals surface area contributed by atoms with Crippen LogP contribution in [0.3, 0.4) is 0 Å². The molecule has 9 nitrogen and oxygen atoms in total. The molecule has 2 aromatic heterocycles. The van der Waals surface area contributed by atoms with E-state index in [0.717, 1.165) is 21.0 Å². The minimum Gasteiger partial charge on any atom is -0.477 e. The number of nitrogen functional groups attached to an aromatic ring is 1. The highest BCUT2D eigenvalue weighted by Gasteiger charge is 2.17. The van der Waals surface area contributed by atoms with Crippen molar-refractivity contribution in [3.8, 4) is 12.0 Å². The van der Waals surface area contributed by atoms with Gasteiger partial charge in [0.1, 0.15) is 29.0 Å². The van der Waals surface area contributed by atoms with Gasteiger partial charge >= 0.3 is 5.97 Å². The van der Waals surface area contributed by atoms with Crippen molar-refractivity contribution in [3.63, 3.8) is 0 Å². The van der Waals surface area contributed by atoms with Crippen LogP contribution in [0, 0.1) is 11.3 Å². The number of hydrogen-bond donors (Lipinski definition) is 3. The first-order chi connectivity index (χ1) is 12.0. The van der Waals surface area contributed by atoms with E-state index in [1.54, 1.807) is 0 Å². The van der Waals surface area contributed by atoms with E-state index in [2.05, 4.69) is 36.3 Å². The van der Waals surface area contributed by atoms with Crippen molar-refractivity contribution < 1.29 is 9.90 Å². The number of nitrogens with zero attached hydrogens (tertiary/aromatic N) is 5. The van der Waals surface area contributed by atoms with Gasteiger partial charge in [-0.25, -0.2) is 4.79 Å². The third kappa shape index (κ3) is 3.41. The Labute approximate surface area is 149 Å². The van der Waals surface area contributed by atoms with Crippen LogP contribution in [0.25, 0.3) is 5.95 Å². The van der Waals surface area contributed by atoms with Crippen LogP contribution in [0.15, 0.2) is 41.0 Å². The smallest absolute Gasteiger partial charge is 0.341 e. The van der Waals surface area contributed by atoms with E-state index in [9.17, 15) is 10.1 Å². The number of halogens is 1. The predicted molar refractivity (Wildman–Crippen MR) is 92.7 cm³/mol. The molecule has 0 radical (unpaired) electrons. The first kappa shape index (κ1) is 16.4. The van der Waals surface area contributed by atoms with E-state index in [0.29, 0.717) is 5.82 Å². The molecular formula is C15H10BrN7O2. The second-order valence-electron chi connectivity index (χ2n) is 4.85. The zero-order valence-electron chi connectivity index (χ0n) is 12.5. The summed E-state index contributed by atoms with van der Waals surface area (Å²) >= 11 is 3.37. The molecular weight excluding hydrogens is 390 g/mol. The number of carboxylic acid groups (broad SMARTS) is 1. The topological polar surface area (TPSA) is 143 Å². The third-order valence-corrected chi connectivity index (χ3v) is 3.65. The summed E-state index contributed by atoms with van der Waals surface area (Å²) in [5.41, 5.74) is 6.42. The number of nitrogens with two attached hydrogens (primary N) is 1. The number of anilines is 3. The number of carbonyl (C=O) groups is 1. The highest BCUT2D eigenvalue weighted by Crippen LogP contribution is 2.21. The molecule has 3 aromatic rings. The number of carboxylic acids is 1. The van der Waals surface area contributed by atoms with Crippen LogP contribution >= 0.6 is 15.9 Å². The van der Waals surface area contributed by atoms with Gasteiger partial charge in [0.2, 0.25) is 0 Å². The van der Waals surface area contributed by atoms with Gasteiger partial charge in [0, 0.05) is 16.2 Å². The summed E-state index contributed by atoms with van der Waals surface area (Å²) in [6, 6.07) is 10.7. The quantitative estimate of drug-likeness (QED) is 0.606. The first-order valence-corrected chi connectivity index (χ1v) is 7.66. The largest absolute Gasteiger partial charge is 0.477 e. The fraction of sp³-hybridized carbons (Fsp3) is 0. The molecule has 0 aliphatic carbocycles. The Morgan fingerprint density at radius 3 is 2.80 bits per heavy atom. The Morgan fingerprint density at radius 1 is 1.36 bits per heavy atom. The fourth-order valence-corrected chi connectivity index (χ4v) is 2.45. The zero-order chi connectivity index (χ0) is 18.0. The van der Waals surface area contributed by atoms with Gasteiger partial charge in [-0.1, -0.05) is 22.0 Å². The second-order valence-corrected chi connectivity index (χ2v) is 5.76. The molecule has 0 spiro atoms. The molecule has 0 fully saturated rings. The Bertz CT molecular complexity index is 1010. The van der Waals surface area contributed by atoms with Gasteiger partial charge in [0.25, 0.3) is 5.95 Å². The van der Waals surface area contributed by atoms with Crippen molar-refractivity contribution in [1.29, 1.82) is 5.26 Å². The monoisotopic (exact) mass is 399 g/mol. The van der Waals surface area contributed by atoms with Gasteiger partial charge in [-0.3, -0.25) is 0 Å². The van der Waals surface area contributed by atoms with Crippen molar-refractivity contribution >= 4 is 39.2 Å². The Morgan fingerprint density at radius 2 is 2.16 bits per heavy atom. The van der Waals surface area contributed by atoms with Crippen molar-refractivity contribution in [1.82, 2.24) is 19.7 Å². The molecule has 0 aliphatic heterocycles. The molecule has 0 saturated heterocycles. The number of benzene rings is 1. The Hall–Kier alpha value is -3.45. The molecule has 1 aromatic carbocycles. The molecule has 0 amide bonds. The molecule has 25 heavy (non-hydrogen) atoms.